The fourth-order valence-corrected chi connectivity index (χ4v) is 3.64. The quantitative estimate of drug-likeness (QED) is 0.277. The molecule has 1 aliphatic carbocycles. The number of nitrogens with zero attached hydrogens (tertiary/aromatic N) is 4. The van der Waals surface area contributed by atoms with Crippen LogP contribution in [0.4, 0.5) is 0 Å². The highest BCUT2D eigenvalue weighted by atomic mass is 15.2. The van der Waals surface area contributed by atoms with Crippen LogP contribution in [0.25, 0.3) is 0 Å². The molecule has 1 aliphatic rings. The highest BCUT2D eigenvalue weighted by molar-refractivity contribution is 5.97. The third-order valence-corrected chi connectivity index (χ3v) is 5.37. The average molecular weight is 463 g/mol. The second-order valence-electron chi connectivity index (χ2n) is 8.12. The lowest BCUT2D eigenvalue weighted by molar-refractivity contribution is 0.396. The maximum atomic E-state index is 6.01. The molecule has 0 bridgehead atoms. The minimum Gasteiger partial charge on any atom is -0.370 e. The van der Waals surface area contributed by atoms with Gasteiger partial charge in [0.25, 0.3) is 0 Å². The van der Waals surface area contributed by atoms with E-state index in [-0.39, 0.29) is 35.9 Å². The summed E-state index contributed by atoms with van der Waals surface area (Å²) in [4.78, 5) is 17.6. The van der Waals surface area contributed by atoms with Gasteiger partial charge in [-0.05, 0) is 36.8 Å². The molecule has 3 rings (SSSR count). The topological polar surface area (TPSA) is 178 Å². The van der Waals surface area contributed by atoms with Gasteiger partial charge in [-0.15, -0.1) is 0 Å². The molecule has 0 radical (unpaired) electrons. The summed E-state index contributed by atoms with van der Waals surface area (Å²) < 4.78 is 0. The normalized spacial score (nSPS) is 20.1. The molecule has 0 atom stereocenters. The van der Waals surface area contributed by atoms with E-state index in [1.54, 1.807) is 0 Å². The molecule has 0 aliphatic heterocycles. The van der Waals surface area contributed by atoms with Gasteiger partial charge in [0.1, 0.15) is 0 Å². The zero-order valence-electron chi connectivity index (χ0n) is 19.3. The Balaban J connectivity index is 1.41. The molecule has 10 heteroatoms. The van der Waals surface area contributed by atoms with Crippen molar-refractivity contribution in [2.45, 2.75) is 50.9 Å². The molecule has 0 aromatic heterocycles. The molecule has 0 saturated heterocycles. The van der Waals surface area contributed by atoms with Gasteiger partial charge in [0.15, 0.2) is 23.8 Å². The minimum atomic E-state index is 0.104. The average Bonchev–Trinajstić information content (AvgIpc) is 2.84. The summed E-state index contributed by atoms with van der Waals surface area (Å²) in [5.74, 6) is 1.03. The van der Waals surface area contributed by atoms with E-state index in [0.29, 0.717) is 13.1 Å². The Hall–Kier alpha value is -4.08. The van der Waals surface area contributed by atoms with E-state index < -0.39 is 0 Å². The minimum absolute atomic E-state index is 0.104. The van der Waals surface area contributed by atoms with Crippen molar-refractivity contribution in [1.29, 1.82) is 0 Å². The summed E-state index contributed by atoms with van der Waals surface area (Å²) in [5.41, 5.74) is 26.0. The molecule has 1 fully saturated rings. The first kappa shape index (κ1) is 24.6. The molecule has 0 spiro atoms. The first-order chi connectivity index (χ1) is 16.5. The zero-order chi connectivity index (χ0) is 24.2. The van der Waals surface area contributed by atoms with Crippen LogP contribution in [0.1, 0.15) is 36.8 Å². The van der Waals surface area contributed by atoms with Gasteiger partial charge in [-0.3, -0.25) is 10.6 Å². The Bertz CT molecular complexity index is 923. The summed E-state index contributed by atoms with van der Waals surface area (Å²) >= 11 is 0. The Morgan fingerprint density at radius 3 is 1.29 bits per heavy atom. The largest absolute Gasteiger partial charge is 0.370 e. The number of hydrogen-bond donors (Lipinski definition) is 6. The van der Waals surface area contributed by atoms with E-state index >= 15 is 0 Å². The number of hydrogen-bond acceptors (Lipinski definition) is 4. The van der Waals surface area contributed by atoms with E-state index in [1.807, 2.05) is 60.7 Å². The number of guanidine groups is 4. The lowest BCUT2D eigenvalue weighted by Gasteiger charge is -2.24. The van der Waals surface area contributed by atoms with Crippen LogP contribution in [0.3, 0.4) is 0 Å². The van der Waals surface area contributed by atoms with E-state index in [2.05, 4.69) is 30.6 Å². The summed E-state index contributed by atoms with van der Waals surface area (Å²) in [7, 11) is 0. The molecule has 0 heterocycles. The molecule has 34 heavy (non-hydrogen) atoms. The highest BCUT2D eigenvalue weighted by Crippen LogP contribution is 2.23. The number of aliphatic imine (C=N–C) groups is 4. The Kier molecular flexibility index (Phi) is 9.27. The zero-order valence-corrected chi connectivity index (χ0v) is 19.3. The predicted molar refractivity (Wildman–Crippen MR) is 139 cm³/mol. The molecular formula is C24H34N10. The van der Waals surface area contributed by atoms with Crippen molar-refractivity contribution in [3.8, 4) is 0 Å². The van der Waals surface area contributed by atoms with Gasteiger partial charge in [-0.2, -0.15) is 0 Å². The van der Waals surface area contributed by atoms with Crippen molar-refractivity contribution in [2.75, 3.05) is 0 Å². The van der Waals surface area contributed by atoms with Gasteiger partial charge in [0.05, 0.1) is 25.2 Å². The number of nitrogens with two attached hydrogens (primary N) is 4. The maximum absolute atomic E-state index is 6.01. The number of benzene rings is 2. The summed E-state index contributed by atoms with van der Waals surface area (Å²) in [5, 5.41) is 5.71. The Morgan fingerprint density at radius 1 is 0.588 bits per heavy atom. The van der Waals surface area contributed by atoms with Crippen molar-refractivity contribution in [2.24, 2.45) is 42.9 Å². The van der Waals surface area contributed by atoms with Gasteiger partial charge in [0.2, 0.25) is 0 Å². The first-order valence-electron chi connectivity index (χ1n) is 11.4. The van der Waals surface area contributed by atoms with Crippen molar-refractivity contribution in [3.63, 3.8) is 0 Å². The smallest absolute Gasteiger partial charge is 0.195 e. The lowest BCUT2D eigenvalue weighted by atomic mass is 9.92. The Morgan fingerprint density at radius 2 is 0.941 bits per heavy atom. The van der Waals surface area contributed by atoms with Crippen LogP contribution in [-0.4, -0.2) is 35.9 Å². The fraction of sp³-hybridized carbons (Fsp3) is 0.333. The molecule has 2 aromatic rings. The third-order valence-electron chi connectivity index (χ3n) is 5.37. The van der Waals surface area contributed by atoms with Crippen molar-refractivity contribution >= 4 is 23.8 Å². The third kappa shape index (κ3) is 8.81. The first-order valence-corrected chi connectivity index (χ1v) is 11.4. The van der Waals surface area contributed by atoms with E-state index in [4.69, 9.17) is 22.9 Å². The molecule has 1 saturated carbocycles. The van der Waals surface area contributed by atoms with Crippen LogP contribution in [0.15, 0.2) is 80.6 Å². The van der Waals surface area contributed by atoms with Crippen LogP contribution in [0, 0.1) is 0 Å². The summed E-state index contributed by atoms with van der Waals surface area (Å²) in [6.07, 6.45) is 3.40. The standard InChI is InChI=1S/C24H34N10/c25-21(29-15-17-7-3-1-4-8-17)33-23(27)31-19-11-13-20(14-12-19)32-24(28)34-22(26)30-16-18-9-5-2-6-10-18/h1-10,19-20H,11-16H2,(H5,25,27,29,31,33)(H5,26,28,30,32,34). The van der Waals surface area contributed by atoms with Crippen LogP contribution in [-0.2, 0) is 13.1 Å². The Labute approximate surface area is 200 Å². The van der Waals surface area contributed by atoms with Gasteiger partial charge < -0.3 is 22.9 Å². The van der Waals surface area contributed by atoms with Crippen LogP contribution >= 0.6 is 0 Å². The van der Waals surface area contributed by atoms with Gasteiger partial charge in [0, 0.05) is 0 Å². The van der Waals surface area contributed by atoms with Gasteiger partial charge in [-0.25, -0.2) is 20.0 Å². The molecule has 2 aromatic carbocycles. The monoisotopic (exact) mass is 462 g/mol. The summed E-state index contributed by atoms with van der Waals surface area (Å²) in [6, 6.07) is 19.9. The lowest BCUT2D eigenvalue weighted by Crippen LogP contribution is -2.43. The van der Waals surface area contributed by atoms with E-state index in [1.165, 1.54) is 0 Å². The van der Waals surface area contributed by atoms with Crippen LogP contribution in [0.2, 0.25) is 0 Å². The predicted octanol–water partition coefficient (Wildman–Crippen LogP) is 1.14. The van der Waals surface area contributed by atoms with Crippen LogP contribution in [0.5, 0.6) is 0 Å². The molecule has 10 N–H and O–H groups in total. The van der Waals surface area contributed by atoms with Crippen molar-refractivity contribution < 1.29 is 0 Å². The molecule has 10 nitrogen and oxygen atoms in total. The van der Waals surface area contributed by atoms with Gasteiger partial charge in [-0.1, -0.05) is 60.7 Å². The summed E-state index contributed by atoms with van der Waals surface area (Å²) in [6.45, 7) is 0.958. The molecular weight excluding hydrogens is 428 g/mol. The van der Waals surface area contributed by atoms with E-state index in [9.17, 15) is 0 Å². The van der Waals surface area contributed by atoms with E-state index in [0.717, 1.165) is 36.8 Å². The van der Waals surface area contributed by atoms with Crippen molar-refractivity contribution in [3.05, 3.63) is 71.8 Å². The highest BCUT2D eigenvalue weighted by Gasteiger charge is 2.21. The maximum Gasteiger partial charge on any atom is 0.195 e. The number of rotatable bonds is 6. The van der Waals surface area contributed by atoms with Gasteiger partial charge >= 0.3 is 0 Å². The molecule has 0 unspecified atom stereocenters. The molecule has 180 valence electrons. The fourth-order valence-electron chi connectivity index (χ4n) is 3.64. The van der Waals surface area contributed by atoms with Crippen molar-refractivity contribution in [1.82, 2.24) is 10.6 Å². The number of nitrogens with one attached hydrogen (secondary N) is 2. The SMILES string of the molecule is NC(=NCc1ccccc1)NC(N)=NC1CCC(N=C(N)NC(N)=NCc2ccccc2)CC1. The molecule has 0 amide bonds. The second kappa shape index (κ2) is 12.8. The second-order valence-corrected chi connectivity index (χ2v) is 8.12. The van der Waals surface area contributed by atoms with Crippen LogP contribution < -0.4 is 33.6 Å².